The number of hydrogen-bond acceptors (Lipinski definition) is 2. The maximum Gasteiger partial charge on any atom is 0.0415 e. The highest BCUT2D eigenvalue weighted by molar-refractivity contribution is 6.30. The molecule has 2 N–H and O–H groups in total. The molecule has 16 heavy (non-hydrogen) atoms. The highest BCUT2D eigenvalue weighted by Gasteiger charge is 2.16. The summed E-state index contributed by atoms with van der Waals surface area (Å²) in [5.41, 5.74) is 8.43. The van der Waals surface area contributed by atoms with E-state index >= 15 is 0 Å². The summed E-state index contributed by atoms with van der Waals surface area (Å²) >= 11 is 6.03. The molecule has 1 aromatic carbocycles. The minimum atomic E-state index is 0.0376. The second-order valence-corrected chi connectivity index (χ2v) is 4.98. The van der Waals surface area contributed by atoms with Crippen LogP contribution in [0.3, 0.4) is 0 Å². The molecule has 0 amide bonds. The van der Waals surface area contributed by atoms with Crippen LogP contribution in [-0.2, 0) is 0 Å². The third-order valence-electron chi connectivity index (χ3n) is 3.18. The monoisotopic (exact) mass is 238 g/mol. The van der Waals surface area contributed by atoms with Crippen LogP contribution in [0.2, 0.25) is 5.02 Å². The van der Waals surface area contributed by atoms with Crippen LogP contribution < -0.4 is 10.6 Å². The van der Waals surface area contributed by atoms with Crippen molar-refractivity contribution in [2.75, 3.05) is 18.0 Å². The third kappa shape index (κ3) is 2.50. The zero-order valence-corrected chi connectivity index (χ0v) is 10.5. The summed E-state index contributed by atoms with van der Waals surface area (Å²) in [6.07, 6.45) is 3.90. The molecule has 88 valence electrons. The van der Waals surface area contributed by atoms with Crippen molar-refractivity contribution < 1.29 is 0 Å². The molecule has 1 aliphatic rings. The van der Waals surface area contributed by atoms with Crippen LogP contribution in [0.1, 0.15) is 37.8 Å². The molecule has 1 heterocycles. The molecule has 2 nitrogen and oxygen atoms in total. The number of nitrogens with zero attached hydrogens (tertiary/aromatic N) is 1. The largest absolute Gasteiger partial charge is 0.371 e. The van der Waals surface area contributed by atoms with Gasteiger partial charge in [-0.05, 0) is 49.9 Å². The van der Waals surface area contributed by atoms with Gasteiger partial charge in [0.25, 0.3) is 0 Å². The van der Waals surface area contributed by atoms with E-state index < -0.39 is 0 Å². The number of anilines is 1. The number of nitrogens with two attached hydrogens (primary N) is 1. The number of rotatable bonds is 2. The Morgan fingerprint density at radius 2 is 1.94 bits per heavy atom. The average molecular weight is 239 g/mol. The first-order valence-electron chi connectivity index (χ1n) is 5.98. The lowest BCUT2D eigenvalue weighted by atomic mass is 10.0. The van der Waals surface area contributed by atoms with E-state index in [2.05, 4.69) is 11.0 Å². The molecule has 0 aromatic heterocycles. The van der Waals surface area contributed by atoms with Gasteiger partial charge in [0, 0.05) is 29.8 Å². The Morgan fingerprint density at radius 3 is 2.56 bits per heavy atom. The Hall–Kier alpha value is -0.730. The molecule has 0 bridgehead atoms. The van der Waals surface area contributed by atoms with Gasteiger partial charge in [-0.1, -0.05) is 11.6 Å². The van der Waals surface area contributed by atoms with Gasteiger partial charge in [0.1, 0.15) is 0 Å². The summed E-state index contributed by atoms with van der Waals surface area (Å²) < 4.78 is 0. The van der Waals surface area contributed by atoms with Crippen molar-refractivity contribution in [2.24, 2.45) is 5.73 Å². The van der Waals surface area contributed by atoms with Gasteiger partial charge in [0.05, 0.1) is 0 Å². The van der Waals surface area contributed by atoms with Gasteiger partial charge in [0.2, 0.25) is 0 Å². The molecule has 1 saturated heterocycles. The molecule has 0 spiro atoms. The topological polar surface area (TPSA) is 29.3 Å². The van der Waals surface area contributed by atoms with E-state index in [4.69, 9.17) is 17.3 Å². The van der Waals surface area contributed by atoms with E-state index in [1.54, 1.807) is 0 Å². The van der Waals surface area contributed by atoms with Crippen molar-refractivity contribution in [2.45, 2.75) is 32.2 Å². The average Bonchev–Trinajstić information content (AvgIpc) is 2.30. The minimum Gasteiger partial charge on any atom is -0.371 e. The van der Waals surface area contributed by atoms with Gasteiger partial charge in [0.15, 0.2) is 0 Å². The first-order valence-corrected chi connectivity index (χ1v) is 6.36. The standard InChI is InChI=1S/C13H19ClN2/c1-10(15)12-9-11(14)5-6-13(12)16-7-3-2-4-8-16/h5-6,9-10H,2-4,7-8,15H2,1H3/t10-/m0/s1. The van der Waals surface area contributed by atoms with Gasteiger partial charge < -0.3 is 10.6 Å². The molecule has 1 fully saturated rings. The summed E-state index contributed by atoms with van der Waals surface area (Å²) in [6.45, 7) is 4.29. The summed E-state index contributed by atoms with van der Waals surface area (Å²) in [5.74, 6) is 0. The van der Waals surface area contributed by atoms with Gasteiger partial charge in [-0.3, -0.25) is 0 Å². The maximum absolute atomic E-state index is 6.03. The van der Waals surface area contributed by atoms with Crippen LogP contribution in [0.25, 0.3) is 0 Å². The van der Waals surface area contributed by atoms with E-state index in [1.165, 1.54) is 24.9 Å². The smallest absolute Gasteiger partial charge is 0.0415 e. The van der Waals surface area contributed by atoms with Crippen LogP contribution in [0.4, 0.5) is 5.69 Å². The number of halogens is 1. The van der Waals surface area contributed by atoms with Crippen LogP contribution in [0.5, 0.6) is 0 Å². The molecule has 0 radical (unpaired) electrons. The number of piperidine rings is 1. The molecule has 0 saturated carbocycles. The summed E-state index contributed by atoms with van der Waals surface area (Å²) in [4.78, 5) is 2.43. The second kappa shape index (κ2) is 5.07. The quantitative estimate of drug-likeness (QED) is 0.856. The van der Waals surface area contributed by atoms with Crippen molar-refractivity contribution in [3.05, 3.63) is 28.8 Å². The SMILES string of the molecule is C[C@H](N)c1cc(Cl)ccc1N1CCCCC1. The highest BCUT2D eigenvalue weighted by Crippen LogP contribution is 2.30. The van der Waals surface area contributed by atoms with Crippen LogP contribution >= 0.6 is 11.6 Å². The summed E-state index contributed by atoms with van der Waals surface area (Å²) in [5, 5.41) is 0.771. The Kier molecular flexibility index (Phi) is 3.72. The molecular weight excluding hydrogens is 220 g/mol. The van der Waals surface area contributed by atoms with Crippen LogP contribution in [0.15, 0.2) is 18.2 Å². The van der Waals surface area contributed by atoms with Crippen molar-refractivity contribution in [1.82, 2.24) is 0 Å². The number of hydrogen-bond donors (Lipinski definition) is 1. The van der Waals surface area contributed by atoms with E-state index in [0.29, 0.717) is 0 Å². The minimum absolute atomic E-state index is 0.0376. The maximum atomic E-state index is 6.03. The van der Waals surface area contributed by atoms with E-state index in [0.717, 1.165) is 23.7 Å². The van der Waals surface area contributed by atoms with E-state index in [-0.39, 0.29) is 6.04 Å². The Bertz CT molecular complexity index is 357. The molecular formula is C13H19ClN2. The molecule has 0 unspecified atom stereocenters. The van der Waals surface area contributed by atoms with E-state index in [9.17, 15) is 0 Å². The van der Waals surface area contributed by atoms with Crippen LogP contribution in [0, 0.1) is 0 Å². The van der Waals surface area contributed by atoms with Crippen molar-refractivity contribution in [3.63, 3.8) is 0 Å². The Labute approximate surface area is 102 Å². The van der Waals surface area contributed by atoms with Gasteiger partial charge in [-0.2, -0.15) is 0 Å². The Balaban J connectivity index is 2.31. The molecule has 1 aromatic rings. The molecule has 3 heteroatoms. The predicted octanol–water partition coefficient (Wildman–Crippen LogP) is 3.35. The molecule has 1 aliphatic heterocycles. The fourth-order valence-corrected chi connectivity index (χ4v) is 2.49. The van der Waals surface area contributed by atoms with Gasteiger partial charge >= 0.3 is 0 Å². The zero-order valence-electron chi connectivity index (χ0n) is 9.75. The normalized spacial score (nSPS) is 18.6. The predicted molar refractivity (Wildman–Crippen MR) is 70.1 cm³/mol. The first kappa shape index (κ1) is 11.7. The van der Waals surface area contributed by atoms with Crippen molar-refractivity contribution in [3.8, 4) is 0 Å². The van der Waals surface area contributed by atoms with Crippen molar-refractivity contribution in [1.29, 1.82) is 0 Å². The highest BCUT2D eigenvalue weighted by atomic mass is 35.5. The van der Waals surface area contributed by atoms with Gasteiger partial charge in [-0.25, -0.2) is 0 Å². The molecule has 0 aliphatic carbocycles. The lowest BCUT2D eigenvalue weighted by molar-refractivity contribution is 0.575. The lowest BCUT2D eigenvalue weighted by Crippen LogP contribution is -2.30. The first-order chi connectivity index (χ1) is 7.68. The molecule has 1 atom stereocenters. The van der Waals surface area contributed by atoms with Crippen LogP contribution in [-0.4, -0.2) is 13.1 Å². The number of benzene rings is 1. The second-order valence-electron chi connectivity index (χ2n) is 4.54. The fourth-order valence-electron chi connectivity index (χ4n) is 2.31. The zero-order chi connectivity index (χ0) is 11.5. The fraction of sp³-hybridized carbons (Fsp3) is 0.538. The lowest BCUT2D eigenvalue weighted by Gasteiger charge is -2.31. The van der Waals surface area contributed by atoms with Gasteiger partial charge in [-0.15, -0.1) is 0 Å². The third-order valence-corrected chi connectivity index (χ3v) is 3.41. The van der Waals surface area contributed by atoms with E-state index in [1.807, 2.05) is 19.1 Å². The summed E-state index contributed by atoms with van der Waals surface area (Å²) in [7, 11) is 0. The summed E-state index contributed by atoms with van der Waals surface area (Å²) in [6, 6.07) is 6.09. The molecule has 2 rings (SSSR count). The Morgan fingerprint density at radius 1 is 1.25 bits per heavy atom. The van der Waals surface area contributed by atoms with Crippen molar-refractivity contribution >= 4 is 17.3 Å².